The van der Waals surface area contributed by atoms with Gasteiger partial charge in [0.05, 0.1) is 5.56 Å². The SMILES string of the molecule is C[C@@H](N)[C@@H]1CCCCN1C(=O)c1cc(F)cc(C(F)(F)F)c1. The van der Waals surface area contributed by atoms with Crippen LogP contribution in [-0.4, -0.2) is 29.4 Å². The van der Waals surface area contributed by atoms with Crippen molar-refractivity contribution in [2.75, 3.05) is 6.54 Å². The molecule has 0 saturated carbocycles. The lowest BCUT2D eigenvalue weighted by Crippen LogP contribution is -2.51. The van der Waals surface area contributed by atoms with Gasteiger partial charge >= 0.3 is 6.18 Å². The third-order valence-corrected chi connectivity index (χ3v) is 3.89. The monoisotopic (exact) mass is 318 g/mol. The van der Waals surface area contributed by atoms with E-state index in [-0.39, 0.29) is 17.6 Å². The maximum Gasteiger partial charge on any atom is 0.416 e. The van der Waals surface area contributed by atoms with E-state index in [0.717, 1.165) is 18.9 Å². The lowest BCUT2D eigenvalue weighted by atomic mass is 9.95. The Hall–Kier alpha value is -1.63. The third-order valence-electron chi connectivity index (χ3n) is 3.89. The number of hydrogen-bond acceptors (Lipinski definition) is 2. The molecule has 0 bridgehead atoms. The van der Waals surface area contributed by atoms with Crippen LogP contribution >= 0.6 is 0 Å². The van der Waals surface area contributed by atoms with E-state index in [2.05, 4.69) is 0 Å². The third kappa shape index (κ3) is 3.58. The normalized spacial score (nSPS) is 20.8. The number of amides is 1. The van der Waals surface area contributed by atoms with E-state index >= 15 is 0 Å². The van der Waals surface area contributed by atoms with Gasteiger partial charge in [-0.2, -0.15) is 13.2 Å². The maximum atomic E-state index is 13.4. The summed E-state index contributed by atoms with van der Waals surface area (Å²) in [5.74, 6) is -1.68. The summed E-state index contributed by atoms with van der Waals surface area (Å²) in [4.78, 5) is 13.9. The van der Waals surface area contributed by atoms with E-state index in [4.69, 9.17) is 5.73 Å². The van der Waals surface area contributed by atoms with Crippen molar-refractivity contribution in [3.8, 4) is 0 Å². The van der Waals surface area contributed by atoms with Crippen LogP contribution < -0.4 is 5.73 Å². The first-order valence-electron chi connectivity index (χ1n) is 7.14. The molecule has 1 aliphatic heterocycles. The van der Waals surface area contributed by atoms with Crippen molar-refractivity contribution in [3.05, 3.63) is 35.1 Å². The van der Waals surface area contributed by atoms with Gasteiger partial charge in [0, 0.05) is 24.2 Å². The van der Waals surface area contributed by atoms with Gasteiger partial charge in [0.15, 0.2) is 0 Å². The summed E-state index contributed by atoms with van der Waals surface area (Å²) in [6.45, 7) is 2.17. The van der Waals surface area contributed by atoms with Gasteiger partial charge in [-0.3, -0.25) is 4.79 Å². The van der Waals surface area contributed by atoms with Crippen LogP contribution in [0.3, 0.4) is 0 Å². The fourth-order valence-corrected chi connectivity index (χ4v) is 2.80. The van der Waals surface area contributed by atoms with Crippen molar-refractivity contribution >= 4 is 5.91 Å². The van der Waals surface area contributed by atoms with E-state index in [0.29, 0.717) is 25.1 Å². The zero-order valence-electron chi connectivity index (χ0n) is 12.2. The Kier molecular flexibility index (Phi) is 4.75. The molecule has 2 atom stereocenters. The first-order chi connectivity index (χ1) is 10.2. The standard InChI is InChI=1S/C15H18F4N2O/c1-9(20)13-4-2-3-5-21(13)14(22)10-6-11(15(17,18)19)8-12(16)7-10/h6-9,13H,2-5,20H2,1H3/t9-,13+/m1/s1. The van der Waals surface area contributed by atoms with E-state index in [1.165, 1.54) is 4.90 Å². The number of carbonyl (C=O) groups excluding carboxylic acids is 1. The molecule has 2 N–H and O–H groups in total. The van der Waals surface area contributed by atoms with Crippen LogP contribution in [0.1, 0.15) is 42.1 Å². The molecule has 1 fully saturated rings. The molecule has 22 heavy (non-hydrogen) atoms. The average Bonchev–Trinajstić information content (AvgIpc) is 2.45. The number of carbonyl (C=O) groups is 1. The van der Waals surface area contributed by atoms with Crippen LogP contribution in [0.15, 0.2) is 18.2 Å². The van der Waals surface area contributed by atoms with Gasteiger partial charge in [0.1, 0.15) is 5.82 Å². The molecular formula is C15H18F4N2O. The molecule has 1 amide bonds. The van der Waals surface area contributed by atoms with Gasteiger partial charge in [-0.15, -0.1) is 0 Å². The highest BCUT2D eigenvalue weighted by Crippen LogP contribution is 2.31. The Morgan fingerprint density at radius 3 is 2.59 bits per heavy atom. The average molecular weight is 318 g/mol. The zero-order chi connectivity index (χ0) is 16.5. The molecule has 1 aromatic rings. The molecule has 3 nitrogen and oxygen atoms in total. The number of hydrogen-bond donors (Lipinski definition) is 1. The molecule has 1 aliphatic rings. The molecule has 122 valence electrons. The predicted octanol–water partition coefficient (Wildman–Crippen LogP) is 3.19. The second kappa shape index (κ2) is 6.24. The van der Waals surface area contributed by atoms with Crippen molar-refractivity contribution in [1.29, 1.82) is 0 Å². The fraction of sp³-hybridized carbons (Fsp3) is 0.533. The Bertz CT molecular complexity index is 557. The first kappa shape index (κ1) is 16.7. The topological polar surface area (TPSA) is 46.3 Å². The molecule has 1 aromatic carbocycles. The van der Waals surface area contributed by atoms with Crippen molar-refractivity contribution in [2.24, 2.45) is 5.73 Å². The second-order valence-corrected chi connectivity index (χ2v) is 5.65. The second-order valence-electron chi connectivity index (χ2n) is 5.65. The Labute approximate surface area is 126 Å². The number of halogens is 4. The van der Waals surface area contributed by atoms with Gasteiger partial charge < -0.3 is 10.6 Å². The Morgan fingerprint density at radius 1 is 1.32 bits per heavy atom. The molecule has 1 heterocycles. The first-order valence-corrected chi connectivity index (χ1v) is 7.14. The number of piperidine rings is 1. The molecule has 7 heteroatoms. The van der Waals surface area contributed by atoms with Crippen molar-refractivity contribution in [2.45, 2.75) is 44.4 Å². The highest BCUT2D eigenvalue weighted by Gasteiger charge is 2.34. The Morgan fingerprint density at radius 2 is 2.00 bits per heavy atom. The number of alkyl halides is 3. The van der Waals surface area contributed by atoms with E-state index in [1.54, 1.807) is 6.92 Å². The lowest BCUT2D eigenvalue weighted by molar-refractivity contribution is -0.137. The lowest BCUT2D eigenvalue weighted by Gasteiger charge is -2.38. The van der Waals surface area contributed by atoms with E-state index < -0.39 is 23.5 Å². The quantitative estimate of drug-likeness (QED) is 0.851. The highest BCUT2D eigenvalue weighted by molar-refractivity contribution is 5.94. The number of rotatable bonds is 2. The minimum Gasteiger partial charge on any atom is -0.334 e. The molecule has 0 aromatic heterocycles. The van der Waals surface area contributed by atoms with Crippen molar-refractivity contribution < 1.29 is 22.4 Å². The maximum absolute atomic E-state index is 13.4. The molecule has 0 aliphatic carbocycles. The minimum atomic E-state index is -4.69. The highest BCUT2D eigenvalue weighted by atomic mass is 19.4. The van der Waals surface area contributed by atoms with Gasteiger partial charge in [-0.05, 0) is 44.4 Å². The number of nitrogens with zero attached hydrogens (tertiary/aromatic N) is 1. The number of nitrogens with two attached hydrogens (primary N) is 1. The van der Waals surface area contributed by atoms with Gasteiger partial charge in [0.2, 0.25) is 0 Å². The van der Waals surface area contributed by atoms with Crippen LogP contribution in [-0.2, 0) is 6.18 Å². The molecular weight excluding hydrogens is 300 g/mol. The summed E-state index contributed by atoms with van der Waals surface area (Å²) in [6, 6.07) is 1.39. The van der Waals surface area contributed by atoms with Crippen LogP contribution in [0, 0.1) is 5.82 Å². The van der Waals surface area contributed by atoms with Crippen LogP contribution in [0.25, 0.3) is 0 Å². The van der Waals surface area contributed by atoms with Gasteiger partial charge in [0.25, 0.3) is 5.91 Å². The van der Waals surface area contributed by atoms with Gasteiger partial charge in [-0.1, -0.05) is 0 Å². The predicted molar refractivity (Wildman–Crippen MR) is 73.7 cm³/mol. The molecule has 0 radical (unpaired) electrons. The summed E-state index contributed by atoms with van der Waals surface area (Å²) < 4.78 is 51.7. The van der Waals surface area contributed by atoms with Gasteiger partial charge in [-0.25, -0.2) is 4.39 Å². The van der Waals surface area contributed by atoms with Crippen LogP contribution in [0.2, 0.25) is 0 Å². The molecule has 2 rings (SSSR count). The van der Waals surface area contributed by atoms with E-state index in [9.17, 15) is 22.4 Å². The summed E-state index contributed by atoms with van der Waals surface area (Å²) in [7, 11) is 0. The summed E-state index contributed by atoms with van der Waals surface area (Å²) in [6.07, 6.45) is -2.33. The minimum absolute atomic E-state index is 0.237. The van der Waals surface area contributed by atoms with Crippen LogP contribution in [0.4, 0.5) is 17.6 Å². The van der Waals surface area contributed by atoms with Crippen molar-refractivity contribution in [3.63, 3.8) is 0 Å². The summed E-state index contributed by atoms with van der Waals surface area (Å²) in [5.41, 5.74) is 4.40. The van der Waals surface area contributed by atoms with Crippen molar-refractivity contribution in [1.82, 2.24) is 4.90 Å². The molecule has 0 unspecified atom stereocenters. The molecule has 1 saturated heterocycles. The fourth-order valence-electron chi connectivity index (χ4n) is 2.80. The van der Waals surface area contributed by atoms with E-state index in [1.807, 2.05) is 0 Å². The smallest absolute Gasteiger partial charge is 0.334 e. The summed E-state index contributed by atoms with van der Waals surface area (Å²) >= 11 is 0. The summed E-state index contributed by atoms with van der Waals surface area (Å²) in [5, 5.41) is 0. The van der Waals surface area contributed by atoms with Crippen LogP contribution in [0.5, 0.6) is 0 Å². The number of benzene rings is 1. The number of likely N-dealkylation sites (tertiary alicyclic amines) is 1. The molecule has 0 spiro atoms. The Balaban J connectivity index is 2.34. The zero-order valence-corrected chi connectivity index (χ0v) is 12.2. The largest absolute Gasteiger partial charge is 0.416 e.